The van der Waals surface area contributed by atoms with Crippen LogP contribution in [0.2, 0.25) is 0 Å². The highest BCUT2D eigenvalue weighted by molar-refractivity contribution is 4.89. The van der Waals surface area contributed by atoms with Crippen LogP contribution in [0.3, 0.4) is 0 Å². The molecule has 4 nitrogen and oxygen atoms in total. The van der Waals surface area contributed by atoms with Gasteiger partial charge < -0.3 is 10.1 Å². The third-order valence-electron chi connectivity index (χ3n) is 4.91. The van der Waals surface area contributed by atoms with Gasteiger partial charge in [0.1, 0.15) is 0 Å². The van der Waals surface area contributed by atoms with Gasteiger partial charge in [0.05, 0.1) is 6.10 Å². The highest BCUT2D eigenvalue weighted by Crippen LogP contribution is 2.22. The van der Waals surface area contributed by atoms with Crippen LogP contribution >= 0.6 is 0 Å². The molecule has 0 aliphatic carbocycles. The molecule has 3 unspecified atom stereocenters. The Hall–Kier alpha value is -0.160. The first-order valence-electron chi connectivity index (χ1n) is 7.58. The summed E-state index contributed by atoms with van der Waals surface area (Å²) in [7, 11) is 1.83. The maximum atomic E-state index is 5.43. The van der Waals surface area contributed by atoms with Crippen LogP contribution in [0.15, 0.2) is 0 Å². The largest absolute Gasteiger partial charge is 0.380 e. The summed E-state index contributed by atoms with van der Waals surface area (Å²) in [5.74, 6) is 0. The highest BCUT2D eigenvalue weighted by Gasteiger charge is 2.31. The molecule has 0 bridgehead atoms. The summed E-state index contributed by atoms with van der Waals surface area (Å²) in [5.41, 5.74) is 0. The Morgan fingerprint density at radius 2 is 2.17 bits per heavy atom. The number of nitrogens with one attached hydrogen (secondary N) is 1. The molecule has 4 heteroatoms. The summed E-state index contributed by atoms with van der Waals surface area (Å²) in [6, 6.07) is 1.48. The van der Waals surface area contributed by atoms with Gasteiger partial charge in [0, 0.05) is 51.9 Å². The molecule has 18 heavy (non-hydrogen) atoms. The van der Waals surface area contributed by atoms with Gasteiger partial charge in [-0.05, 0) is 25.8 Å². The molecule has 104 valence electrons. The van der Waals surface area contributed by atoms with Gasteiger partial charge in [0.15, 0.2) is 0 Å². The monoisotopic (exact) mass is 253 g/mol. The van der Waals surface area contributed by atoms with Crippen LogP contribution in [0.25, 0.3) is 0 Å². The maximum absolute atomic E-state index is 5.43. The molecule has 3 fully saturated rings. The lowest BCUT2D eigenvalue weighted by molar-refractivity contribution is 0.0445. The molecule has 0 aromatic rings. The van der Waals surface area contributed by atoms with E-state index in [1.807, 2.05) is 7.11 Å². The van der Waals surface area contributed by atoms with Gasteiger partial charge in [-0.15, -0.1) is 0 Å². The molecular weight excluding hydrogens is 226 g/mol. The topological polar surface area (TPSA) is 27.7 Å². The van der Waals surface area contributed by atoms with Crippen LogP contribution in [0, 0.1) is 0 Å². The summed E-state index contributed by atoms with van der Waals surface area (Å²) in [6.45, 7) is 7.41. The van der Waals surface area contributed by atoms with Crippen LogP contribution < -0.4 is 5.32 Å². The molecule has 0 aromatic carbocycles. The SMILES string of the molecule is COC1CNC(CN2CCN3CCCCC3C2)C1. The fraction of sp³-hybridized carbons (Fsp3) is 1.00. The number of methoxy groups -OCH3 is 1. The Morgan fingerprint density at radius 3 is 3.00 bits per heavy atom. The van der Waals surface area contributed by atoms with E-state index in [2.05, 4.69) is 15.1 Å². The molecule has 3 atom stereocenters. The number of rotatable bonds is 3. The van der Waals surface area contributed by atoms with Crippen LogP contribution in [-0.2, 0) is 4.74 Å². The fourth-order valence-corrected chi connectivity index (χ4v) is 3.80. The second-order valence-corrected chi connectivity index (χ2v) is 6.14. The van der Waals surface area contributed by atoms with Crippen molar-refractivity contribution in [2.45, 2.75) is 43.9 Å². The van der Waals surface area contributed by atoms with Gasteiger partial charge in [0.25, 0.3) is 0 Å². The molecule has 0 spiro atoms. The molecule has 3 aliphatic rings. The third-order valence-corrected chi connectivity index (χ3v) is 4.91. The zero-order valence-corrected chi connectivity index (χ0v) is 11.6. The van der Waals surface area contributed by atoms with Crippen LogP contribution in [0.1, 0.15) is 25.7 Å². The molecule has 3 heterocycles. The van der Waals surface area contributed by atoms with Crippen LogP contribution in [0.4, 0.5) is 0 Å². The second-order valence-electron chi connectivity index (χ2n) is 6.14. The van der Waals surface area contributed by atoms with E-state index >= 15 is 0 Å². The van der Waals surface area contributed by atoms with Crippen molar-refractivity contribution < 1.29 is 4.74 Å². The Balaban J connectivity index is 1.46. The Labute approximate surface area is 111 Å². The second kappa shape index (κ2) is 5.87. The van der Waals surface area contributed by atoms with E-state index in [0.717, 1.165) is 12.6 Å². The van der Waals surface area contributed by atoms with Crippen molar-refractivity contribution >= 4 is 0 Å². The van der Waals surface area contributed by atoms with Crippen LogP contribution in [0.5, 0.6) is 0 Å². The minimum Gasteiger partial charge on any atom is -0.380 e. The number of piperidine rings is 1. The van der Waals surface area contributed by atoms with E-state index in [1.165, 1.54) is 58.4 Å². The maximum Gasteiger partial charge on any atom is 0.0711 e. The van der Waals surface area contributed by atoms with E-state index in [1.54, 1.807) is 0 Å². The first kappa shape index (κ1) is 12.9. The molecule has 0 radical (unpaired) electrons. The smallest absolute Gasteiger partial charge is 0.0711 e. The van der Waals surface area contributed by atoms with Gasteiger partial charge in [-0.2, -0.15) is 0 Å². The Morgan fingerprint density at radius 1 is 1.22 bits per heavy atom. The number of piperazine rings is 1. The van der Waals surface area contributed by atoms with Crippen molar-refractivity contribution in [3.05, 3.63) is 0 Å². The first-order valence-corrected chi connectivity index (χ1v) is 7.58. The lowest BCUT2D eigenvalue weighted by atomic mass is 9.99. The lowest BCUT2D eigenvalue weighted by Gasteiger charge is -2.44. The average Bonchev–Trinajstić information content (AvgIpc) is 2.86. The number of nitrogens with zero attached hydrogens (tertiary/aromatic N) is 2. The fourth-order valence-electron chi connectivity index (χ4n) is 3.80. The van der Waals surface area contributed by atoms with Crippen LogP contribution in [-0.4, -0.2) is 74.4 Å². The Bertz CT molecular complexity index is 274. The molecule has 3 saturated heterocycles. The van der Waals surface area contributed by atoms with E-state index in [-0.39, 0.29) is 0 Å². The van der Waals surface area contributed by atoms with Gasteiger partial charge in [-0.25, -0.2) is 0 Å². The third kappa shape index (κ3) is 2.87. The predicted molar refractivity (Wildman–Crippen MR) is 72.9 cm³/mol. The van der Waals surface area contributed by atoms with Crippen molar-refractivity contribution in [3.63, 3.8) is 0 Å². The molecule has 3 rings (SSSR count). The predicted octanol–water partition coefficient (Wildman–Crippen LogP) is 0.533. The molecule has 0 aromatic heterocycles. The van der Waals surface area contributed by atoms with E-state index in [9.17, 15) is 0 Å². The molecular formula is C14H27N3O. The minimum atomic E-state index is 0.436. The molecule has 3 aliphatic heterocycles. The van der Waals surface area contributed by atoms with Crippen molar-refractivity contribution in [1.82, 2.24) is 15.1 Å². The zero-order chi connectivity index (χ0) is 12.4. The average molecular weight is 253 g/mol. The highest BCUT2D eigenvalue weighted by atomic mass is 16.5. The van der Waals surface area contributed by atoms with E-state index in [0.29, 0.717) is 12.1 Å². The summed E-state index contributed by atoms with van der Waals surface area (Å²) < 4.78 is 5.43. The molecule has 0 amide bonds. The lowest BCUT2D eigenvalue weighted by Crippen LogP contribution is -2.56. The summed E-state index contributed by atoms with van der Waals surface area (Å²) in [6.07, 6.45) is 5.88. The number of fused-ring (bicyclic) bond motifs is 1. The zero-order valence-electron chi connectivity index (χ0n) is 11.6. The van der Waals surface area contributed by atoms with Gasteiger partial charge >= 0.3 is 0 Å². The van der Waals surface area contributed by atoms with E-state index in [4.69, 9.17) is 4.74 Å². The van der Waals surface area contributed by atoms with Gasteiger partial charge in [-0.3, -0.25) is 9.80 Å². The summed E-state index contributed by atoms with van der Waals surface area (Å²) >= 11 is 0. The van der Waals surface area contributed by atoms with Gasteiger partial charge in [-0.1, -0.05) is 6.42 Å². The summed E-state index contributed by atoms with van der Waals surface area (Å²) in [5, 5.41) is 3.60. The van der Waals surface area contributed by atoms with Gasteiger partial charge in [0.2, 0.25) is 0 Å². The Kier molecular flexibility index (Phi) is 4.19. The minimum absolute atomic E-state index is 0.436. The normalized spacial score (nSPS) is 38.8. The van der Waals surface area contributed by atoms with Crippen molar-refractivity contribution in [3.8, 4) is 0 Å². The van der Waals surface area contributed by atoms with Crippen molar-refractivity contribution in [1.29, 1.82) is 0 Å². The number of ether oxygens (including phenoxy) is 1. The van der Waals surface area contributed by atoms with Crippen molar-refractivity contribution in [2.75, 3.05) is 46.4 Å². The molecule has 1 N–H and O–H groups in total. The number of hydrogen-bond donors (Lipinski definition) is 1. The summed E-state index contributed by atoms with van der Waals surface area (Å²) in [4.78, 5) is 5.38. The standard InChI is InChI=1S/C14H27N3O/c1-18-14-8-12(15-9-14)10-16-6-7-17-5-3-2-4-13(17)11-16/h12-15H,2-11H2,1H3. The van der Waals surface area contributed by atoms with Crippen molar-refractivity contribution in [2.24, 2.45) is 0 Å². The number of hydrogen-bond acceptors (Lipinski definition) is 4. The van der Waals surface area contributed by atoms with E-state index < -0.39 is 0 Å². The quantitative estimate of drug-likeness (QED) is 0.794. The first-order chi connectivity index (χ1) is 8.85. The molecule has 0 saturated carbocycles.